The van der Waals surface area contributed by atoms with E-state index >= 15 is 0 Å². The van der Waals surface area contributed by atoms with E-state index in [2.05, 4.69) is 311 Å². The average Bonchev–Trinajstić information content (AvgIpc) is 2.66. The summed E-state index contributed by atoms with van der Waals surface area (Å²) in [4.78, 5) is 2.55. The summed E-state index contributed by atoms with van der Waals surface area (Å²) in [5, 5.41) is 7.49. The van der Waals surface area contributed by atoms with Crippen molar-refractivity contribution < 1.29 is 0 Å². The highest BCUT2D eigenvalue weighted by molar-refractivity contribution is 6.14. The minimum Gasteiger partial charge on any atom is -0.309 e. The van der Waals surface area contributed by atoms with Gasteiger partial charge in [-0.2, -0.15) is 0 Å². The molecular formula is C77H49N3. The van der Waals surface area contributed by atoms with Crippen molar-refractivity contribution in [3.8, 4) is 55.9 Å². The first-order chi connectivity index (χ1) is 39.7. The predicted octanol–water partition coefficient (Wildman–Crippen LogP) is 20.2. The van der Waals surface area contributed by atoms with Crippen LogP contribution >= 0.6 is 0 Å². The maximum Gasteiger partial charge on any atom is 0.0755 e. The lowest BCUT2D eigenvalue weighted by Crippen LogP contribution is -2.33. The Morgan fingerprint density at radius 1 is 0.287 bits per heavy atom. The van der Waals surface area contributed by atoms with E-state index in [-0.39, 0.29) is 0 Å². The fraction of sp³-hybridized carbons (Fsp3) is 0.0130. The second-order valence-corrected chi connectivity index (χ2v) is 21.5. The topological polar surface area (TPSA) is 13.1 Å². The van der Waals surface area contributed by atoms with Gasteiger partial charge in [0.2, 0.25) is 0 Å². The molecule has 1 aliphatic carbocycles. The number of benzene rings is 13. The van der Waals surface area contributed by atoms with Crippen molar-refractivity contribution in [1.82, 2.24) is 9.13 Å². The van der Waals surface area contributed by atoms with Crippen LogP contribution in [0.25, 0.3) is 110 Å². The zero-order chi connectivity index (χ0) is 52.5. The number of hydrogen-bond donors (Lipinski definition) is 0. The van der Waals surface area contributed by atoms with Crippen LogP contribution in [0.4, 0.5) is 17.1 Å². The average molecular weight is 1020 g/mol. The molecular weight excluding hydrogens is 967 g/mol. The molecule has 3 heterocycles. The molecule has 2 aromatic heterocycles. The van der Waals surface area contributed by atoms with Gasteiger partial charge in [0, 0.05) is 44.0 Å². The van der Waals surface area contributed by atoms with Gasteiger partial charge in [0.25, 0.3) is 0 Å². The molecule has 1 aliphatic heterocycles. The van der Waals surface area contributed by atoms with Gasteiger partial charge in [-0.15, -0.1) is 0 Å². The summed E-state index contributed by atoms with van der Waals surface area (Å²) in [5.41, 5.74) is 24.6. The Morgan fingerprint density at radius 3 is 1.64 bits per heavy atom. The van der Waals surface area contributed by atoms with Crippen LogP contribution in [0.15, 0.2) is 297 Å². The van der Waals surface area contributed by atoms with Crippen molar-refractivity contribution in [2.45, 2.75) is 5.41 Å². The molecule has 0 fully saturated rings. The molecule has 372 valence electrons. The Bertz CT molecular complexity index is 5010. The summed E-state index contributed by atoms with van der Waals surface area (Å²) in [6.07, 6.45) is 0. The summed E-state index contributed by atoms with van der Waals surface area (Å²) in [5.74, 6) is 0. The van der Waals surface area contributed by atoms with Crippen LogP contribution in [0.2, 0.25) is 0 Å². The molecule has 17 rings (SSSR count). The van der Waals surface area contributed by atoms with Crippen LogP contribution in [0, 0.1) is 0 Å². The lowest BCUT2D eigenvalue weighted by atomic mass is 9.65. The van der Waals surface area contributed by atoms with Gasteiger partial charge in [-0.25, -0.2) is 0 Å². The third-order valence-electron chi connectivity index (χ3n) is 17.5. The first-order valence-electron chi connectivity index (χ1n) is 27.8. The normalized spacial score (nSPS) is 14.1. The number of anilines is 3. The molecule has 3 heteroatoms. The monoisotopic (exact) mass is 1020 g/mol. The van der Waals surface area contributed by atoms with Gasteiger partial charge in [-0.3, -0.25) is 0 Å². The molecule has 15 aromatic rings. The Morgan fingerprint density at radius 2 is 0.812 bits per heavy atom. The predicted molar refractivity (Wildman–Crippen MR) is 334 cm³/mol. The smallest absolute Gasteiger partial charge is 0.0755 e. The van der Waals surface area contributed by atoms with Gasteiger partial charge in [0.1, 0.15) is 0 Å². The molecule has 1 atom stereocenters. The van der Waals surface area contributed by atoms with Gasteiger partial charge >= 0.3 is 0 Å². The molecule has 80 heavy (non-hydrogen) atoms. The highest BCUT2D eigenvalue weighted by Crippen LogP contribution is 2.63. The number of aromatic nitrogens is 2. The Labute approximate surface area is 463 Å². The number of nitrogens with zero attached hydrogens (tertiary/aromatic N) is 3. The van der Waals surface area contributed by atoms with E-state index in [9.17, 15) is 0 Å². The first kappa shape index (κ1) is 44.6. The largest absolute Gasteiger partial charge is 0.309 e. The lowest BCUT2D eigenvalue weighted by Gasteiger charge is -2.39. The molecule has 1 unspecified atom stereocenters. The maximum absolute atomic E-state index is 2.55. The fourth-order valence-corrected chi connectivity index (χ4v) is 14.3. The molecule has 0 amide bonds. The van der Waals surface area contributed by atoms with Gasteiger partial charge in [-0.1, -0.05) is 237 Å². The van der Waals surface area contributed by atoms with Gasteiger partial charge in [0.15, 0.2) is 0 Å². The lowest BCUT2D eigenvalue weighted by molar-refractivity contribution is 0.748. The number of rotatable bonds is 7. The molecule has 0 saturated carbocycles. The highest BCUT2D eigenvalue weighted by atomic mass is 15.1. The van der Waals surface area contributed by atoms with Gasteiger partial charge < -0.3 is 14.0 Å². The van der Waals surface area contributed by atoms with E-state index in [1.807, 2.05) is 0 Å². The van der Waals surface area contributed by atoms with Crippen LogP contribution < -0.4 is 4.90 Å². The van der Waals surface area contributed by atoms with E-state index in [1.54, 1.807) is 0 Å². The Balaban J connectivity index is 0.916. The third kappa shape index (κ3) is 6.20. The highest BCUT2D eigenvalue weighted by Gasteiger charge is 2.51. The fourth-order valence-electron chi connectivity index (χ4n) is 14.3. The zero-order valence-corrected chi connectivity index (χ0v) is 43.6. The molecule has 2 aliphatic rings. The number of fused-ring (bicyclic) bond motifs is 16. The SMILES string of the molecule is c1ccc(-n2c3ccccc3c3ccc(-c4ccc(N(c5ccccc5-c5ccccc5-c5cccc6ccccc56)c5cccc6c5-c5ccccc5C65c6ccccc6-n6c7ccccc7c7cccc5c76)cc4)cc32)cc1. The second kappa shape index (κ2) is 17.3. The number of para-hydroxylation sites is 6. The number of hydrogen-bond acceptors (Lipinski definition) is 1. The molecule has 0 radical (unpaired) electrons. The van der Waals surface area contributed by atoms with E-state index in [4.69, 9.17) is 0 Å². The Hall–Kier alpha value is -10.5. The van der Waals surface area contributed by atoms with Crippen LogP contribution in [0.5, 0.6) is 0 Å². The van der Waals surface area contributed by atoms with Crippen molar-refractivity contribution in [2.24, 2.45) is 0 Å². The summed E-state index contributed by atoms with van der Waals surface area (Å²) < 4.78 is 4.93. The molecule has 0 N–H and O–H groups in total. The molecule has 0 bridgehead atoms. The van der Waals surface area contributed by atoms with Crippen molar-refractivity contribution in [1.29, 1.82) is 0 Å². The van der Waals surface area contributed by atoms with E-state index in [1.165, 1.54) is 116 Å². The summed E-state index contributed by atoms with van der Waals surface area (Å²) in [7, 11) is 0. The van der Waals surface area contributed by atoms with Crippen LogP contribution in [0.1, 0.15) is 22.3 Å². The molecule has 1 spiro atoms. The first-order valence-corrected chi connectivity index (χ1v) is 27.8. The second-order valence-electron chi connectivity index (χ2n) is 21.5. The maximum atomic E-state index is 2.55. The van der Waals surface area contributed by atoms with Gasteiger partial charge in [0.05, 0.1) is 44.5 Å². The minimum absolute atomic E-state index is 0.612. The van der Waals surface area contributed by atoms with Crippen molar-refractivity contribution in [2.75, 3.05) is 4.90 Å². The van der Waals surface area contributed by atoms with E-state index in [0.29, 0.717) is 0 Å². The zero-order valence-electron chi connectivity index (χ0n) is 43.6. The van der Waals surface area contributed by atoms with E-state index < -0.39 is 5.41 Å². The molecule has 3 nitrogen and oxygen atoms in total. The van der Waals surface area contributed by atoms with E-state index in [0.717, 1.165) is 33.9 Å². The Kier molecular flexibility index (Phi) is 9.63. The van der Waals surface area contributed by atoms with Crippen LogP contribution in [-0.2, 0) is 5.41 Å². The summed E-state index contributed by atoms with van der Waals surface area (Å²) in [6.45, 7) is 0. The molecule has 0 saturated heterocycles. The van der Waals surface area contributed by atoms with Gasteiger partial charge in [-0.05, 0) is 127 Å². The quantitative estimate of drug-likeness (QED) is 0.155. The third-order valence-corrected chi connectivity index (χ3v) is 17.5. The van der Waals surface area contributed by atoms with Crippen LogP contribution in [-0.4, -0.2) is 9.13 Å². The van der Waals surface area contributed by atoms with Crippen molar-refractivity contribution in [3.63, 3.8) is 0 Å². The van der Waals surface area contributed by atoms with Crippen molar-refractivity contribution in [3.05, 3.63) is 320 Å². The minimum atomic E-state index is -0.612. The summed E-state index contributed by atoms with van der Waals surface area (Å²) in [6, 6.07) is 111. The summed E-state index contributed by atoms with van der Waals surface area (Å²) >= 11 is 0. The molecule has 13 aromatic carbocycles. The van der Waals surface area contributed by atoms with Crippen LogP contribution in [0.3, 0.4) is 0 Å². The standard InChI is InChI=1S/C77H49N3/c1-2-23-53(24-3-1)79-70-39-15-10-29-60(70)62-48-45-52(49-74(62)79)50-43-46-54(47-44-50)78(69-38-14-9-28-59(69)58-27-7-6-26-57(58)56-32-18-22-51-21-4-5-25-55(51)56)73-42-20-36-67-75(73)64-31-8-12-34-65(64)77(67)66-35-13-17-41-72(66)80-71-40-16-11-30-61(71)63-33-19-37-68(77)76(63)80/h1-49H. The van der Waals surface area contributed by atoms with Crippen molar-refractivity contribution >= 4 is 71.4 Å².